The molecule has 0 atom stereocenters. The number of halogens is 1. The van der Waals surface area contributed by atoms with Gasteiger partial charge in [0.05, 0.1) is 28.0 Å². The van der Waals surface area contributed by atoms with E-state index in [0.29, 0.717) is 17.8 Å². The van der Waals surface area contributed by atoms with Crippen molar-refractivity contribution in [1.82, 2.24) is 4.98 Å². The van der Waals surface area contributed by atoms with Gasteiger partial charge in [-0.05, 0) is 30.3 Å². The van der Waals surface area contributed by atoms with Crippen LogP contribution in [-0.4, -0.2) is 4.98 Å². The predicted molar refractivity (Wildman–Crippen MR) is 78.1 cm³/mol. The maximum atomic E-state index is 13.0. The average Bonchev–Trinajstić information content (AvgIpc) is 2.88. The molecule has 0 aliphatic rings. The first-order valence-electron chi connectivity index (χ1n) is 6.04. The molecule has 0 spiro atoms. The van der Waals surface area contributed by atoms with Crippen LogP contribution in [0.15, 0.2) is 42.5 Å². The van der Waals surface area contributed by atoms with Gasteiger partial charge in [-0.3, -0.25) is 0 Å². The Morgan fingerprint density at radius 2 is 2.10 bits per heavy atom. The molecular formula is C15H10FN3S. The van der Waals surface area contributed by atoms with Crippen LogP contribution in [0.25, 0.3) is 10.2 Å². The largest absolute Gasteiger partial charge is 0.377 e. The molecule has 0 saturated heterocycles. The molecule has 0 radical (unpaired) electrons. The Labute approximate surface area is 119 Å². The van der Waals surface area contributed by atoms with Crippen LogP contribution in [0.4, 0.5) is 10.1 Å². The highest BCUT2D eigenvalue weighted by molar-refractivity contribution is 7.18. The molecule has 3 rings (SSSR count). The lowest BCUT2D eigenvalue weighted by Gasteiger charge is -2.06. The molecule has 2 aromatic carbocycles. The Morgan fingerprint density at radius 3 is 2.90 bits per heavy atom. The summed E-state index contributed by atoms with van der Waals surface area (Å²) in [7, 11) is 0. The van der Waals surface area contributed by atoms with Gasteiger partial charge in [0.2, 0.25) is 0 Å². The minimum atomic E-state index is -0.410. The van der Waals surface area contributed by atoms with Crippen LogP contribution < -0.4 is 5.32 Å². The first-order valence-corrected chi connectivity index (χ1v) is 6.86. The number of aromatic nitrogens is 1. The van der Waals surface area contributed by atoms with Crippen LogP contribution in [0.5, 0.6) is 0 Å². The molecule has 0 fully saturated rings. The third kappa shape index (κ3) is 2.46. The van der Waals surface area contributed by atoms with Crippen LogP contribution in [-0.2, 0) is 6.54 Å². The minimum Gasteiger partial charge on any atom is -0.377 e. The molecule has 3 aromatic rings. The van der Waals surface area contributed by atoms with Gasteiger partial charge in [-0.2, -0.15) is 5.26 Å². The van der Waals surface area contributed by atoms with E-state index in [4.69, 9.17) is 5.26 Å². The number of thiazole rings is 1. The lowest BCUT2D eigenvalue weighted by Crippen LogP contribution is -2.01. The standard InChI is InChI=1S/C15H10FN3S/c16-11-5-6-12(10(7-11)8-17)18-9-15-19-13-3-1-2-4-14(13)20-15/h1-7,18H,9H2. The van der Waals surface area contributed by atoms with Crippen molar-refractivity contribution in [1.29, 1.82) is 5.26 Å². The molecule has 0 amide bonds. The van der Waals surface area contributed by atoms with E-state index >= 15 is 0 Å². The van der Waals surface area contributed by atoms with E-state index in [1.54, 1.807) is 17.4 Å². The van der Waals surface area contributed by atoms with Gasteiger partial charge in [-0.25, -0.2) is 9.37 Å². The van der Waals surface area contributed by atoms with Crippen molar-refractivity contribution in [3.8, 4) is 6.07 Å². The van der Waals surface area contributed by atoms with E-state index in [9.17, 15) is 4.39 Å². The summed E-state index contributed by atoms with van der Waals surface area (Å²) in [5, 5.41) is 13.0. The Bertz CT molecular complexity index is 771. The number of nitrogens with zero attached hydrogens (tertiary/aromatic N) is 2. The highest BCUT2D eigenvalue weighted by atomic mass is 32.1. The third-order valence-electron chi connectivity index (χ3n) is 2.87. The number of hydrogen-bond acceptors (Lipinski definition) is 4. The average molecular weight is 283 g/mol. The number of anilines is 1. The Hall–Kier alpha value is -2.45. The third-order valence-corrected chi connectivity index (χ3v) is 3.91. The van der Waals surface area contributed by atoms with Crippen molar-refractivity contribution in [2.24, 2.45) is 0 Å². The number of benzene rings is 2. The van der Waals surface area contributed by atoms with Crippen LogP contribution in [0.2, 0.25) is 0 Å². The highest BCUT2D eigenvalue weighted by Gasteiger charge is 2.06. The van der Waals surface area contributed by atoms with Crippen molar-refractivity contribution in [2.45, 2.75) is 6.54 Å². The predicted octanol–water partition coefficient (Wildman–Crippen LogP) is 3.92. The van der Waals surface area contributed by atoms with Crippen LogP contribution in [0, 0.1) is 17.1 Å². The van der Waals surface area contributed by atoms with Crippen molar-refractivity contribution in [3.05, 3.63) is 58.9 Å². The van der Waals surface area contributed by atoms with Crippen molar-refractivity contribution in [2.75, 3.05) is 5.32 Å². The summed E-state index contributed by atoms with van der Waals surface area (Å²) in [6, 6.07) is 14.0. The van der Waals surface area contributed by atoms with E-state index < -0.39 is 5.82 Å². The molecule has 1 aromatic heterocycles. The normalized spacial score (nSPS) is 10.4. The summed E-state index contributed by atoms with van der Waals surface area (Å²) in [4.78, 5) is 4.50. The molecule has 20 heavy (non-hydrogen) atoms. The van der Waals surface area contributed by atoms with E-state index in [1.165, 1.54) is 12.1 Å². The fourth-order valence-corrected chi connectivity index (χ4v) is 2.84. The summed E-state index contributed by atoms with van der Waals surface area (Å²) >= 11 is 1.60. The number of fused-ring (bicyclic) bond motifs is 1. The zero-order valence-corrected chi connectivity index (χ0v) is 11.2. The zero-order valence-electron chi connectivity index (χ0n) is 10.4. The SMILES string of the molecule is N#Cc1cc(F)ccc1NCc1nc2ccccc2s1. The smallest absolute Gasteiger partial charge is 0.124 e. The van der Waals surface area contributed by atoms with Crippen molar-refractivity contribution >= 4 is 27.2 Å². The zero-order chi connectivity index (χ0) is 13.9. The summed E-state index contributed by atoms with van der Waals surface area (Å²) in [5.74, 6) is -0.410. The van der Waals surface area contributed by atoms with Crippen LogP contribution in [0.3, 0.4) is 0 Å². The van der Waals surface area contributed by atoms with E-state index in [-0.39, 0.29) is 0 Å². The van der Waals surface area contributed by atoms with Crippen molar-refractivity contribution < 1.29 is 4.39 Å². The second-order valence-electron chi connectivity index (χ2n) is 4.23. The Balaban J connectivity index is 1.81. The first kappa shape index (κ1) is 12.6. The molecule has 0 saturated carbocycles. The van der Waals surface area contributed by atoms with Crippen molar-refractivity contribution in [3.63, 3.8) is 0 Å². The topological polar surface area (TPSA) is 48.7 Å². The van der Waals surface area contributed by atoms with Gasteiger partial charge in [0.25, 0.3) is 0 Å². The van der Waals surface area contributed by atoms with Gasteiger partial charge in [0.1, 0.15) is 16.9 Å². The summed E-state index contributed by atoms with van der Waals surface area (Å²) in [5.41, 5.74) is 1.88. The molecule has 98 valence electrons. The second-order valence-corrected chi connectivity index (χ2v) is 5.35. The maximum absolute atomic E-state index is 13.0. The number of hydrogen-bond donors (Lipinski definition) is 1. The van der Waals surface area contributed by atoms with Crippen LogP contribution in [0.1, 0.15) is 10.6 Å². The number of nitrogens with one attached hydrogen (secondary N) is 1. The number of para-hydroxylation sites is 1. The Kier molecular flexibility index (Phi) is 3.32. The lowest BCUT2D eigenvalue weighted by atomic mass is 10.2. The highest BCUT2D eigenvalue weighted by Crippen LogP contribution is 2.23. The maximum Gasteiger partial charge on any atom is 0.124 e. The van der Waals surface area contributed by atoms with Gasteiger partial charge < -0.3 is 5.32 Å². The van der Waals surface area contributed by atoms with Crippen LogP contribution >= 0.6 is 11.3 Å². The van der Waals surface area contributed by atoms with E-state index in [0.717, 1.165) is 15.2 Å². The molecule has 0 bridgehead atoms. The summed E-state index contributed by atoms with van der Waals surface area (Å²) in [6.45, 7) is 0.514. The van der Waals surface area contributed by atoms with Gasteiger partial charge in [0.15, 0.2) is 0 Å². The number of nitriles is 1. The van der Waals surface area contributed by atoms with E-state index in [1.807, 2.05) is 30.3 Å². The molecule has 3 nitrogen and oxygen atoms in total. The molecular weight excluding hydrogens is 273 g/mol. The minimum absolute atomic E-state index is 0.297. The summed E-state index contributed by atoms with van der Waals surface area (Å²) in [6.07, 6.45) is 0. The fraction of sp³-hybridized carbons (Fsp3) is 0.0667. The van der Waals surface area contributed by atoms with E-state index in [2.05, 4.69) is 10.3 Å². The number of rotatable bonds is 3. The molecule has 0 aliphatic carbocycles. The fourth-order valence-electron chi connectivity index (χ4n) is 1.93. The summed E-state index contributed by atoms with van der Waals surface area (Å²) < 4.78 is 14.2. The van der Waals surface area contributed by atoms with Gasteiger partial charge in [-0.15, -0.1) is 11.3 Å². The Morgan fingerprint density at radius 1 is 1.25 bits per heavy atom. The van der Waals surface area contributed by atoms with Gasteiger partial charge in [-0.1, -0.05) is 12.1 Å². The first-order chi connectivity index (χ1) is 9.76. The molecule has 0 unspecified atom stereocenters. The van der Waals surface area contributed by atoms with Gasteiger partial charge in [0, 0.05) is 0 Å². The molecule has 0 aliphatic heterocycles. The second kappa shape index (κ2) is 5.27. The quantitative estimate of drug-likeness (QED) is 0.792. The molecule has 1 N–H and O–H groups in total. The molecule has 1 heterocycles. The monoisotopic (exact) mass is 283 g/mol. The molecule has 5 heteroatoms. The van der Waals surface area contributed by atoms with Gasteiger partial charge >= 0.3 is 0 Å². The lowest BCUT2D eigenvalue weighted by molar-refractivity contribution is 0.627.